The van der Waals surface area contributed by atoms with Crippen molar-refractivity contribution >= 4 is 15.9 Å². The third kappa shape index (κ3) is 6.14. The largest absolute Gasteiger partial charge is 0.353 e. The fraction of sp³-hybridized carbons (Fsp3) is 0.435. The molecule has 0 saturated carbocycles. The molecule has 1 saturated heterocycles. The summed E-state index contributed by atoms with van der Waals surface area (Å²) in [5.74, 6) is -0.00889. The molecule has 0 spiro atoms. The molecule has 0 bridgehead atoms. The molecule has 2 aromatic rings. The Bertz CT molecular complexity index is 922. The summed E-state index contributed by atoms with van der Waals surface area (Å²) in [6, 6.07) is 17.3. The summed E-state index contributed by atoms with van der Waals surface area (Å²) < 4.78 is 27.1. The Balaban J connectivity index is 1.42. The molecular formula is C23H31N3O3S. The van der Waals surface area contributed by atoms with Gasteiger partial charge in [-0.05, 0) is 44.4 Å². The van der Waals surface area contributed by atoms with E-state index >= 15 is 0 Å². The molecule has 1 aliphatic heterocycles. The molecule has 0 unspecified atom stereocenters. The number of amides is 1. The van der Waals surface area contributed by atoms with Crippen molar-refractivity contribution in [3.8, 4) is 0 Å². The van der Waals surface area contributed by atoms with Crippen LogP contribution in [0.3, 0.4) is 0 Å². The Morgan fingerprint density at radius 3 is 2.27 bits per heavy atom. The number of piperazine rings is 1. The summed E-state index contributed by atoms with van der Waals surface area (Å²) in [6.07, 6.45) is 1.82. The van der Waals surface area contributed by atoms with E-state index in [0.717, 1.165) is 18.4 Å². The van der Waals surface area contributed by atoms with Crippen LogP contribution in [0.4, 0.5) is 0 Å². The van der Waals surface area contributed by atoms with Crippen LogP contribution in [-0.2, 0) is 21.2 Å². The molecule has 0 aliphatic carbocycles. The van der Waals surface area contributed by atoms with Gasteiger partial charge in [-0.15, -0.1) is 0 Å². The minimum Gasteiger partial charge on any atom is -0.353 e. The van der Waals surface area contributed by atoms with Crippen LogP contribution in [0.1, 0.15) is 24.5 Å². The zero-order valence-electron chi connectivity index (χ0n) is 17.8. The first-order chi connectivity index (χ1) is 14.3. The minimum atomic E-state index is -3.48. The van der Waals surface area contributed by atoms with Crippen molar-refractivity contribution in [3.63, 3.8) is 0 Å². The van der Waals surface area contributed by atoms with Gasteiger partial charge in [0.2, 0.25) is 15.9 Å². The molecule has 2 aromatic carbocycles. The molecule has 7 heteroatoms. The lowest BCUT2D eigenvalue weighted by atomic mass is 10.1. The number of benzene rings is 2. The van der Waals surface area contributed by atoms with E-state index in [-0.39, 0.29) is 11.9 Å². The van der Waals surface area contributed by atoms with E-state index in [9.17, 15) is 13.2 Å². The van der Waals surface area contributed by atoms with E-state index in [0.29, 0.717) is 37.6 Å². The zero-order valence-corrected chi connectivity index (χ0v) is 18.6. The maximum atomic E-state index is 12.8. The van der Waals surface area contributed by atoms with Crippen molar-refractivity contribution in [1.82, 2.24) is 14.5 Å². The maximum Gasteiger partial charge on any atom is 0.243 e. The predicted molar refractivity (Wildman–Crippen MR) is 119 cm³/mol. The quantitative estimate of drug-likeness (QED) is 0.700. The SMILES string of the molecule is Cc1ccc(S(=O)(=O)N2CCN(CC(=O)N[C@@H](C)CCc3ccccc3)CC2)cc1. The summed E-state index contributed by atoms with van der Waals surface area (Å²) in [4.78, 5) is 14.7. The van der Waals surface area contributed by atoms with Gasteiger partial charge in [0.25, 0.3) is 0 Å². The van der Waals surface area contributed by atoms with Crippen molar-refractivity contribution in [1.29, 1.82) is 0 Å². The Morgan fingerprint density at radius 1 is 1.00 bits per heavy atom. The molecule has 1 amide bonds. The molecule has 1 fully saturated rings. The smallest absolute Gasteiger partial charge is 0.243 e. The van der Waals surface area contributed by atoms with Gasteiger partial charge in [-0.1, -0.05) is 48.0 Å². The van der Waals surface area contributed by atoms with Gasteiger partial charge in [-0.3, -0.25) is 9.69 Å². The second kappa shape index (κ2) is 10.2. The lowest BCUT2D eigenvalue weighted by Gasteiger charge is -2.33. The molecule has 6 nitrogen and oxygen atoms in total. The van der Waals surface area contributed by atoms with E-state index in [1.165, 1.54) is 9.87 Å². The molecule has 1 heterocycles. The Kier molecular flexibility index (Phi) is 7.64. The van der Waals surface area contributed by atoms with Gasteiger partial charge in [0, 0.05) is 32.2 Å². The first-order valence-electron chi connectivity index (χ1n) is 10.5. The maximum absolute atomic E-state index is 12.8. The van der Waals surface area contributed by atoms with E-state index in [1.807, 2.05) is 49.1 Å². The Morgan fingerprint density at radius 2 is 1.63 bits per heavy atom. The number of rotatable bonds is 8. The van der Waals surface area contributed by atoms with Crippen molar-refractivity contribution in [2.75, 3.05) is 32.7 Å². The number of hydrogen-bond acceptors (Lipinski definition) is 4. The van der Waals surface area contributed by atoms with Gasteiger partial charge in [0.15, 0.2) is 0 Å². The van der Waals surface area contributed by atoms with Crippen molar-refractivity contribution < 1.29 is 13.2 Å². The second-order valence-corrected chi connectivity index (χ2v) is 9.92. The zero-order chi connectivity index (χ0) is 21.6. The summed E-state index contributed by atoms with van der Waals surface area (Å²) >= 11 is 0. The number of carbonyl (C=O) groups excluding carboxylic acids is 1. The van der Waals surface area contributed by atoms with Crippen LogP contribution in [0.15, 0.2) is 59.5 Å². The Labute approximate surface area is 179 Å². The van der Waals surface area contributed by atoms with E-state index < -0.39 is 10.0 Å². The lowest BCUT2D eigenvalue weighted by molar-refractivity contribution is -0.123. The average molecular weight is 430 g/mol. The third-order valence-corrected chi connectivity index (χ3v) is 7.39. The van der Waals surface area contributed by atoms with Crippen molar-refractivity contribution in [2.45, 2.75) is 37.6 Å². The third-order valence-electron chi connectivity index (χ3n) is 5.47. The van der Waals surface area contributed by atoms with E-state index in [2.05, 4.69) is 17.4 Å². The summed E-state index contributed by atoms with van der Waals surface area (Å²) in [7, 11) is -3.48. The second-order valence-electron chi connectivity index (χ2n) is 7.99. The molecule has 1 atom stereocenters. The predicted octanol–water partition coefficient (Wildman–Crippen LogP) is 2.44. The highest BCUT2D eigenvalue weighted by Gasteiger charge is 2.29. The van der Waals surface area contributed by atoms with Gasteiger partial charge < -0.3 is 5.32 Å². The summed E-state index contributed by atoms with van der Waals surface area (Å²) in [5.41, 5.74) is 2.30. The number of carbonyl (C=O) groups is 1. The van der Waals surface area contributed by atoms with E-state index in [1.54, 1.807) is 12.1 Å². The molecule has 0 aromatic heterocycles. The van der Waals surface area contributed by atoms with Gasteiger partial charge in [0.1, 0.15) is 0 Å². The van der Waals surface area contributed by atoms with Crippen LogP contribution < -0.4 is 5.32 Å². The first-order valence-corrected chi connectivity index (χ1v) is 11.9. The highest BCUT2D eigenvalue weighted by atomic mass is 32.2. The topological polar surface area (TPSA) is 69.7 Å². The first kappa shape index (κ1) is 22.5. The highest BCUT2D eigenvalue weighted by molar-refractivity contribution is 7.89. The van der Waals surface area contributed by atoms with Gasteiger partial charge >= 0.3 is 0 Å². The number of hydrogen-bond donors (Lipinski definition) is 1. The number of nitrogens with zero attached hydrogens (tertiary/aromatic N) is 2. The van der Waals surface area contributed by atoms with Crippen molar-refractivity contribution in [2.24, 2.45) is 0 Å². The summed E-state index contributed by atoms with van der Waals surface area (Å²) in [5, 5.41) is 3.06. The standard InChI is InChI=1S/C23H31N3O3S/c1-19-8-12-22(13-9-19)30(28,29)26-16-14-25(15-17-26)18-23(27)24-20(2)10-11-21-6-4-3-5-7-21/h3-9,12-13,20H,10-11,14-18H2,1-2H3,(H,24,27)/t20-/m0/s1. The molecule has 1 aliphatic rings. The Hall–Kier alpha value is -2.22. The van der Waals surface area contributed by atoms with Crippen LogP contribution in [0, 0.1) is 6.92 Å². The van der Waals surface area contributed by atoms with E-state index in [4.69, 9.17) is 0 Å². The molecule has 3 rings (SSSR count). The number of sulfonamides is 1. The summed E-state index contributed by atoms with van der Waals surface area (Å²) in [6.45, 7) is 6.15. The van der Waals surface area contributed by atoms with Crippen molar-refractivity contribution in [3.05, 3.63) is 65.7 Å². The molecule has 1 N–H and O–H groups in total. The van der Waals surface area contributed by atoms with Crippen LogP contribution >= 0.6 is 0 Å². The lowest BCUT2D eigenvalue weighted by Crippen LogP contribution is -2.51. The van der Waals surface area contributed by atoms with Crippen LogP contribution in [0.25, 0.3) is 0 Å². The molecular weight excluding hydrogens is 398 g/mol. The minimum absolute atomic E-state index is 0.00889. The van der Waals surface area contributed by atoms with Gasteiger partial charge in [-0.2, -0.15) is 4.31 Å². The monoisotopic (exact) mass is 429 g/mol. The molecule has 162 valence electrons. The normalized spacial score (nSPS) is 16.9. The van der Waals surface area contributed by atoms with Crippen LogP contribution in [0.5, 0.6) is 0 Å². The molecule has 30 heavy (non-hydrogen) atoms. The molecule has 0 radical (unpaired) electrons. The van der Waals surface area contributed by atoms with Gasteiger partial charge in [-0.25, -0.2) is 8.42 Å². The van der Waals surface area contributed by atoms with Gasteiger partial charge in [0.05, 0.1) is 11.4 Å². The fourth-order valence-electron chi connectivity index (χ4n) is 3.61. The average Bonchev–Trinajstić information content (AvgIpc) is 2.73. The van der Waals surface area contributed by atoms with Crippen LogP contribution in [0.2, 0.25) is 0 Å². The number of aryl methyl sites for hydroxylation is 2. The fourth-order valence-corrected chi connectivity index (χ4v) is 5.03. The number of nitrogens with one attached hydrogen (secondary N) is 1. The van der Waals surface area contributed by atoms with Crippen LogP contribution in [-0.4, -0.2) is 62.3 Å². The highest BCUT2D eigenvalue weighted by Crippen LogP contribution is 2.18.